The van der Waals surface area contributed by atoms with E-state index in [4.69, 9.17) is 4.42 Å². The Bertz CT molecular complexity index is 1440. The molecular weight excluding hydrogens is 426 g/mol. The molecule has 172 valence electrons. The van der Waals surface area contributed by atoms with Crippen LogP contribution in [0.15, 0.2) is 70.0 Å². The number of nitrogens with one attached hydrogen (secondary N) is 2. The molecule has 4 aromatic rings. The molecule has 0 unspecified atom stereocenters. The van der Waals surface area contributed by atoms with Crippen molar-refractivity contribution in [1.82, 2.24) is 10.3 Å². The number of amides is 1. The smallest absolute Gasteiger partial charge is 0.272 e. The van der Waals surface area contributed by atoms with E-state index in [1.807, 2.05) is 62.4 Å². The summed E-state index contributed by atoms with van der Waals surface area (Å²) in [5, 5.41) is 6.98. The molecule has 2 aromatic heterocycles. The van der Waals surface area contributed by atoms with E-state index in [1.165, 1.54) is 0 Å². The highest BCUT2D eigenvalue weighted by atomic mass is 16.3. The third-order valence-corrected chi connectivity index (χ3v) is 6.20. The van der Waals surface area contributed by atoms with Crippen LogP contribution in [0, 0.1) is 13.8 Å². The molecule has 0 saturated heterocycles. The molecule has 0 bridgehead atoms. The molecule has 1 aliphatic carbocycles. The second kappa shape index (κ2) is 8.78. The lowest BCUT2D eigenvalue weighted by atomic mass is 9.98. The van der Waals surface area contributed by atoms with E-state index in [1.54, 1.807) is 19.2 Å². The third kappa shape index (κ3) is 4.19. The molecule has 0 aliphatic heterocycles. The van der Waals surface area contributed by atoms with Crippen molar-refractivity contribution in [1.29, 1.82) is 0 Å². The molecule has 2 heterocycles. The molecule has 1 atom stereocenters. The van der Waals surface area contributed by atoms with Gasteiger partial charge in [0.15, 0.2) is 11.1 Å². The summed E-state index contributed by atoms with van der Waals surface area (Å²) in [6.45, 7) is 5.76. The molecule has 2 N–H and O–H groups in total. The summed E-state index contributed by atoms with van der Waals surface area (Å²) in [5.74, 6) is 0.390. The fourth-order valence-corrected chi connectivity index (χ4v) is 4.25. The monoisotopic (exact) mass is 453 g/mol. The van der Waals surface area contributed by atoms with Crippen molar-refractivity contribution in [2.75, 3.05) is 5.32 Å². The number of nitrogens with zero attached hydrogens (tertiary/aromatic N) is 1. The average molecular weight is 454 g/mol. The Morgan fingerprint density at radius 1 is 1.09 bits per heavy atom. The quantitative estimate of drug-likeness (QED) is 0.401. The van der Waals surface area contributed by atoms with Crippen molar-refractivity contribution in [2.24, 2.45) is 0 Å². The van der Waals surface area contributed by atoms with Crippen LogP contribution in [0.3, 0.4) is 0 Å². The van der Waals surface area contributed by atoms with Crippen molar-refractivity contribution in [3.8, 4) is 11.3 Å². The molecule has 1 amide bonds. The molecule has 6 nitrogen and oxygen atoms in total. The summed E-state index contributed by atoms with van der Waals surface area (Å²) < 4.78 is 6.41. The third-order valence-electron chi connectivity index (χ3n) is 6.20. The molecule has 5 rings (SSSR count). The van der Waals surface area contributed by atoms with Gasteiger partial charge >= 0.3 is 0 Å². The van der Waals surface area contributed by atoms with Gasteiger partial charge in [-0.05, 0) is 57.4 Å². The van der Waals surface area contributed by atoms with E-state index in [2.05, 4.69) is 15.6 Å². The highest BCUT2D eigenvalue weighted by Gasteiger charge is 2.26. The van der Waals surface area contributed by atoms with Crippen molar-refractivity contribution in [2.45, 2.75) is 45.7 Å². The van der Waals surface area contributed by atoms with Crippen LogP contribution in [0.25, 0.3) is 22.3 Å². The van der Waals surface area contributed by atoms with Crippen LogP contribution < -0.4 is 16.1 Å². The van der Waals surface area contributed by atoms with E-state index < -0.39 is 0 Å². The maximum absolute atomic E-state index is 13.3. The zero-order valence-electron chi connectivity index (χ0n) is 19.5. The number of carbonyl (C=O) groups is 1. The first kappa shape index (κ1) is 21.9. The van der Waals surface area contributed by atoms with Gasteiger partial charge in [-0.1, -0.05) is 36.4 Å². The van der Waals surface area contributed by atoms with Gasteiger partial charge in [0, 0.05) is 28.9 Å². The van der Waals surface area contributed by atoms with Crippen molar-refractivity contribution in [3.63, 3.8) is 0 Å². The number of pyridine rings is 1. The lowest BCUT2D eigenvalue weighted by molar-refractivity contribution is 0.0947. The minimum atomic E-state index is -0.242. The second-order valence-electron chi connectivity index (χ2n) is 9.00. The summed E-state index contributed by atoms with van der Waals surface area (Å²) in [6, 6.07) is 17.2. The largest absolute Gasteiger partial charge is 0.455 e. The van der Waals surface area contributed by atoms with Crippen molar-refractivity contribution >= 4 is 22.6 Å². The van der Waals surface area contributed by atoms with Gasteiger partial charge in [0.2, 0.25) is 0 Å². The Hall–Kier alpha value is -3.93. The lowest BCUT2D eigenvalue weighted by Gasteiger charge is -2.20. The Balaban J connectivity index is 1.58. The van der Waals surface area contributed by atoms with E-state index in [-0.39, 0.29) is 23.4 Å². The predicted octanol–water partition coefficient (Wildman–Crippen LogP) is 5.54. The number of fused-ring (bicyclic) bond motifs is 1. The first-order valence-corrected chi connectivity index (χ1v) is 11.6. The molecule has 0 spiro atoms. The van der Waals surface area contributed by atoms with Gasteiger partial charge in [-0.25, -0.2) is 4.98 Å². The Labute approximate surface area is 198 Å². The SMILES string of the molecule is Cc1cc([C@@H](C)Nc2cccnc2C(=O)NC2CC2)c2oc(-c3ccccc3)c(C)c(=O)c2c1. The number of benzene rings is 2. The van der Waals surface area contributed by atoms with E-state index >= 15 is 0 Å². The van der Waals surface area contributed by atoms with Gasteiger partial charge in [-0.15, -0.1) is 0 Å². The number of aromatic nitrogens is 1. The Morgan fingerprint density at radius 2 is 1.85 bits per heavy atom. The van der Waals surface area contributed by atoms with Gasteiger partial charge in [-0.3, -0.25) is 9.59 Å². The molecule has 1 fully saturated rings. The van der Waals surface area contributed by atoms with E-state index in [0.717, 1.165) is 29.5 Å². The number of aryl methyl sites for hydroxylation is 1. The second-order valence-corrected chi connectivity index (χ2v) is 9.00. The zero-order chi connectivity index (χ0) is 23.8. The molecule has 0 radical (unpaired) electrons. The minimum Gasteiger partial charge on any atom is -0.455 e. The lowest BCUT2D eigenvalue weighted by Crippen LogP contribution is -2.27. The normalized spacial score (nSPS) is 14.1. The van der Waals surface area contributed by atoms with Gasteiger partial charge in [0.1, 0.15) is 11.3 Å². The molecular formula is C28H27N3O3. The zero-order valence-corrected chi connectivity index (χ0v) is 19.5. The summed E-state index contributed by atoms with van der Waals surface area (Å²) in [5.41, 5.74) is 4.77. The molecule has 2 aromatic carbocycles. The Kier molecular flexibility index (Phi) is 5.65. The van der Waals surface area contributed by atoms with Crippen LogP contribution in [-0.4, -0.2) is 16.9 Å². The van der Waals surface area contributed by atoms with E-state index in [0.29, 0.717) is 33.7 Å². The van der Waals surface area contributed by atoms with Gasteiger partial charge in [0.05, 0.1) is 17.1 Å². The number of carbonyl (C=O) groups excluding carboxylic acids is 1. The van der Waals surface area contributed by atoms with Crippen LogP contribution in [0.2, 0.25) is 0 Å². The van der Waals surface area contributed by atoms with E-state index in [9.17, 15) is 9.59 Å². The summed E-state index contributed by atoms with van der Waals surface area (Å²) in [7, 11) is 0. The Morgan fingerprint density at radius 3 is 2.59 bits per heavy atom. The molecule has 6 heteroatoms. The van der Waals surface area contributed by atoms with Crippen LogP contribution in [0.1, 0.15) is 53.0 Å². The van der Waals surface area contributed by atoms with Crippen molar-refractivity contribution < 1.29 is 9.21 Å². The number of rotatable bonds is 6. The highest BCUT2D eigenvalue weighted by molar-refractivity contribution is 5.98. The standard InChI is InChI=1S/C28H27N3O3/c1-16-14-21(18(3)30-23-10-7-13-29-24(23)28(33)31-20-11-12-20)27-22(15-16)25(32)17(2)26(34-27)19-8-5-4-6-9-19/h4-10,13-15,18,20,30H,11-12H2,1-3H3,(H,31,33)/t18-/m1/s1. The number of hydrogen-bond acceptors (Lipinski definition) is 5. The molecule has 34 heavy (non-hydrogen) atoms. The van der Waals surface area contributed by atoms with Crippen LogP contribution in [0.5, 0.6) is 0 Å². The van der Waals surface area contributed by atoms with Gasteiger partial charge < -0.3 is 15.1 Å². The van der Waals surface area contributed by atoms with Crippen LogP contribution in [0.4, 0.5) is 5.69 Å². The maximum atomic E-state index is 13.3. The minimum absolute atomic E-state index is 0.0388. The summed E-state index contributed by atoms with van der Waals surface area (Å²) >= 11 is 0. The molecule has 1 saturated carbocycles. The predicted molar refractivity (Wildman–Crippen MR) is 134 cm³/mol. The van der Waals surface area contributed by atoms with Gasteiger partial charge in [-0.2, -0.15) is 0 Å². The fraction of sp³-hybridized carbons (Fsp3) is 0.250. The first-order chi connectivity index (χ1) is 16.4. The van der Waals surface area contributed by atoms with Crippen LogP contribution in [-0.2, 0) is 0 Å². The maximum Gasteiger partial charge on any atom is 0.272 e. The molecule has 1 aliphatic rings. The average Bonchev–Trinajstić information content (AvgIpc) is 3.66. The highest BCUT2D eigenvalue weighted by Crippen LogP contribution is 2.32. The first-order valence-electron chi connectivity index (χ1n) is 11.6. The van der Waals surface area contributed by atoms with Crippen LogP contribution >= 0.6 is 0 Å². The number of anilines is 1. The summed E-state index contributed by atoms with van der Waals surface area (Å²) in [6.07, 6.45) is 3.64. The topological polar surface area (TPSA) is 84.2 Å². The fourth-order valence-electron chi connectivity index (χ4n) is 4.25. The van der Waals surface area contributed by atoms with Gasteiger partial charge in [0.25, 0.3) is 5.91 Å². The summed E-state index contributed by atoms with van der Waals surface area (Å²) in [4.78, 5) is 30.3. The van der Waals surface area contributed by atoms with Crippen molar-refractivity contribution in [3.05, 3.63) is 93.4 Å². The number of hydrogen-bond donors (Lipinski definition) is 2.